The number of amidine groups is 1. The summed E-state index contributed by atoms with van der Waals surface area (Å²) in [6.07, 6.45) is 0.209. The minimum absolute atomic E-state index is 0.0104. The molecule has 0 unspecified atom stereocenters. The van der Waals surface area contributed by atoms with Crippen LogP contribution in [0.2, 0.25) is 0 Å². The lowest BCUT2D eigenvalue weighted by molar-refractivity contribution is 0.0954. The van der Waals surface area contributed by atoms with Gasteiger partial charge in [0.1, 0.15) is 5.84 Å². The number of halogens is 1. The van der Waals surface area contributed by atoms with Gasteiger partial charge in [-0.1, -0.05) is 5.16 Å². The molecule has 7 heteroatoms. The minimum atomic E-state index is -0.610. The highest BCUT2D eigenvalue weighted by molar-refractivity contribution is 5.94. The number of ether oxygens (including phenoxy) is 1. The first-order chi connectivity index (χ1) is 8.58. The van der Waals surface area contributed by atoms with Gasteiger partial charge in [-0.25, -0.2) is 4.39 Å². The fourth-order valence-electron chi connectivity index (χ4n) is 1.26. The van der Waals surface area contributed by atoms with Crippen LogP contribution >= 0.6 is 0 Å². The first-order valence-corrected chi connectivity index (χ1v) is 5.16. The lowest BCUT2D eigenvalue weighted by atomic mass is 10.2. The summed E-state index contributed by atoms with van der Waals surface area (Å²) in [5, 5.41) is 13.6. The zero-order valence-electron chi connectivity index (χ0n) is 9.81. The highest BCUT2D eigenvalue weighted by Crippen LogP contribution is 2.17. The van der Waals surface area contributed by atoms with E-state index in [9.17, 15) is 9.18 Å². The Bertz CT molecular complexity index is 463. The Hall–Kier alpha value is -2.31. The molecule has 0 aliphatic heterocycles. The standard InChI is InChI=1S/C11H14FN3O3/c1-18-9-3-2-7(6-8(9)12)11(16)14-5-4-10(13)15-17/h2-3,6,17H,4-5H2,1H3,(H2,13,15)(H,14,16). The Morgan fingerprint density at radius 1 is 1.61 bits per heavy atom. The molecule has 0 bridgehead atoms. The minimum Gasteiger partial charge on any atom is -0.494 e. The lowest BCUT2D eigenvalue weighted by Gasteiger charge is -2.06. The number of carbonyl (C=O) groups is 1. The van der Waals surface area contributed by atoms with Crippen molar-refractivity contribution in [1.82, 2.24) is 5.32 Å². The Balaban J connectivity index is 2.59. The molecule has 18 heavy (non-hydrogen) atoms. The molecular formula is C11H14FN3O3. The number of nitrogens with two attached hydrogens (primary N) is 1. The van der Waals surface area contributed by atoms with E-state index in [1.54, 1.807) is 0 Å². The van der Waals surface area contributed by atoms with Crippen LogP contribution in [0.5, 0.6) is 5.75 Å². The molecule has 98 valence electrons. The molecule has 4 N–H and O–H groups in total. The molecule has 0 saturated heterocycles. The van der Waals surface area contributed by atoms with E-state index in [2.05, 4.69) is 10.5 Å². The number of hydrogen-bond acceptors (Lipinski definition) is 4. The van der Waals surface area contributed by atoms with Crippen molar-refractivity contribution in [1.29, 1.82) is 0 Å². The molecule has 0 aliphatic carbocycles. The van der Waals surface area contributed by atoms with Gasteiger partial charge < -0.3 is 21.0 Å². The Kier molecular flexibility index (Phi) is 4.91. The van der Waals surface area contributed by atoms with E-state index in [1.807, 2.05) is 0 Å². The second-order valence-corrected chi connectivity index (χ2v) is 3.45. The largest absolute Gasteiger partial charge is 0.494 e. The van der Waals surface area contributed by atoms with Gasteiger partial charge in [0.25, 0.3) is 5.91 Å². The van der Waals surface area contributed by atoms with E-state index in [-0.39, 0.29) is 30.1 Å². The van der Waals surface area contributed by atoms with Crippen LogP contribution in [0.4, 0.5) is 4.39 Å². The first-order valence-electron chi connectivity index (χ1n) is 5.16. The third-order valence-corrected chi connectivity index (χ3v) is 2.21. The van der Waals surface area contributed by atoms with Gasteiger partial charge in [-0.15, -0.1) is 0 Å². The molecule has 0 radical (unpaired) electrons. The van der Waals surface area contributed by atoms with Crippen molar-refractivity contribution < 1.29 is 19.1 Å². The summed E-state index contributed by atoms with van der Waals surface area (Å²) < 4.78 is 18.1. The van der Waals surface area contributed by atoms with Gasteiger partial charge in [0.05, 0.1) is 7.11 Å². The monoisotopic (exact) mass is 255 g/mol. The number of rotatable bonds is 5. The van der Waals surface area contributed by atoms with Crippen molar-refractivity contribution in [3.05, 3.63) is 29.6 Å². The van der Waals surface area contributed by atoms with Crippen LogP contribution < -0.4 is 15.8 Å². The smallest absolute Gasteiger partial charge is 0.251 e. The highest BCUT2D eigenvalue weighted by atomic mass is 19.1. The average Bonchev–Trinajstić information content (AvgIpc) is 2.38. The maximum absolute atomic E-state index is 13.3. The number of benzene rings is 1. The van der Waals surface area contributed by atoms with Crippen molar-refractivity contribution in [3.8, 4) is 5.75 Å². The van der Waals surface area contributed by atoms with Crippen molar-refractivity contribution >= 4 is 11.7 Å². The quantitative estimate of drug-likeness (QED) is 0.312. The molecule has 0 atom stereocenters. The molecule has 1 aromatic carbocycles. The zero-order chi connectivity index (χ0) is 13.5. The molecule has 1 amide bonds. The fraction of sp³-hybridized carbons (Fsp3) is 0.273. The molecule has 0 aromatic heterocycles. The summed E-state index contributed by atoms with van der Waals surface area (Å²) in [6, 6.07) is 3.90. The Morgan fingerprint density at radius 2 is 2.33 bits per heavy atom. The number of amides is 1. The third kappa shape index (κ3) is 3.62. The van der Waals surface area contributed by atoms with Crippen LogP contribution in [0.25, 0.3) is 0 Å². The molecule has 0 fully saturated rings. The van der Waals surface area contributed by atoms with Gasteiger partial charge in [0.15, 0.2) is 11.6 Å². The molecule has 1 rings (SSSR count). The van der Waals surface area contributed by atoms with Gasteiger partial charge in [-0.05, 0) is 18.2 Å². The van der Waals surface area contributed by atoms with E-state index in [4.69, 9.17) is 15.7 Å². The lowest BCUT2D eigenvalue weighted by Crippen LogP contribution is -2.28. The second kappa shape index (κ2) is 6.43. The summed E-state index contributed by atoms with van der Waals surface area (Å²) in [7, 11) is 1.34. The fourth-order valence-corrected chi connectivity index (χ4v) is 1.26. The third-order valence-electron chi connectivity index (χ3n) is 2.21. The summed E-state index contributed by atoms with van der Waals surface area (Å²) in [5.74, 6) is -0.969. The van der Waals surface area contributed by atoms with Gasteiger partial charge in [-0.3, -0.25) is 4.79 Å². The SMILES string of the molecule is COc1ccc(C(=O)NCCC(N)=NO)cc1F. The van der Waals surface area contributed by atoms with Crippen LogP contribution in [-0.2, 0) is 0 Å². The number of oxime groups is 1. The van der Waals surface area contributed by atoms with E-state index >= 15 is 0 Å². The summed E-state index contributed by atoms with van der Waals surface area (Å²) >= 11 is 0. The number of nitrogens with one attached hydrogen (secondary N) is 1. The van der Waals surface area contributed by atoms with E-state index in [0.29, 0.717) is 0 Å². The van der Waals surface area contributed by atoms with E-state index in [1.165, 1.54) is 19.2 Å². The average molecular weight is 255 g/mol. The van der Waals surface area contributed by atoms with Crippen molar-refractivity contribution in [3.63, 3.8) is 0 Å². The van der Waals surface area contributed by atoms with Gasteiger partial charge in [-0.2, -0.15) is 0 Å². The van der Waals surface area contributed by atoms with Gasteiger partial charge in [0.2, 0.25) is 0 Å². The van der Waals surface area contributed by atoms with Crippen LogP contribution in [0.15, 0.2) is 23.4 Å². The molecule has 0 aliphatic rings. The molecule has 0 spiro atoms. The molecule has 6 nitrogen and oxygen atoms in total. The van der Waals surface area contributed by atoms with Gasteiger partial charge in [0, 0.05) is 18.5 Å². The van der Waals surface area contributed by atoms with E-state index < -0.39 is 11.7 Å². The summed E-state index contributed by atoms with van der Waals surface area (Å²) in [4.78, 5) is 11.6. The Morgan fingerprint density at radius 3 is 2.89 bits per heavy atom. The van der Waals surface area contributed by atoms with Crippen LogP contribution in [0, 0.1) is 5.82 Å². The maximum atomic E-state index is 13.3. The first kappa shape index (κ1) is 13.8. The molecule has 1 aromatic rings. The van der Waals surface area contributed by atoms with Crippen LogP contribution in [-0.4, -0.2) is 30.6 Å². The summed E-state index contributed by atoms with van der Waals surface area (Å²) in [6.45, 7) is 0.197. The topological polar surface area (TPSA) is 96.9 Å². The number of nitrogens with zero attached hydrogens (tertiary/aromatic N) is 1. The number of hydrogen-bond donors (Lipinski definition) is 3. The predicted octanol–water partition coefficient (Wildman–Crippen LogP) is 0.701. The highest BCUT2D eigenvalue weighted by Gasteiger charge is 2.09. The second-order valence-electron chi connectivity index (χ2n) is 3.45. The normalized spacial score (nSPS) is 11.1. The van der Waals surface area contributed by atoms with E-state index in [0.717, 1.165) is 6.07 Å². The zero-order valence-corrected chi connectivity index (χ0v) is 9.81. The van der Waals surface area contributed by atoms with Crippen molar-refractivity contribution in [2.24, 2.45) is 10.9 Å². The van der Waals surface area contributed by atoms with Crippen LogP contribution in [0.3, 0.4) is 0 Å². The molecular weight excluding hydrogens is 241 g/mol. The molecule has 0 heterocycles. The molecule has 0 saturated carbocycles. The van der Waals surface area contributed by atoms with Crippen molar-refractivity contribution in [2.75, 3.05) is 13.7 Å². The maximum Gasteiger partial charge on any atom is 0.251 e. The van der Waals surface area contributed by atoms with Crippen molar-refractivity contribution in [2.45, 2.75) is 6.42 Å². The number of methoxy groups -OCH3 is 1. The van der Waals surface area contributed by atoms with Crippen LogP contribution in [0.1, 0.15) is 16.8 Å². The predicted molar refractivity (Wildman–Crippen MR) is 63.3 cm³/mol. The summed E-state index contributed by atoms with van der Waals surface area (Å²) in [5.41, 5.74) is 5.41. The van der Waals surface area contributed by atoms with Gasteiger partial charge >= 0.3 is 0 Å². The Labute approximate surface area is 103 Å². The number of carbonyl (C=O) groups excluding carboxylic acids is 1.